The van der Waals surface area contributed by atoms with Crippen molar-refractivity contribution in [2.45, 2.75) is 95.9 Å². The number of methoxy groups -OCH3 is 1. The molecule has 0 aromatic heterocycles. The molecule has 2 aromatic carbocycles. The van der Waals surface area contributed by atoms with Gasteiger partial charge in [0.2, 0.25) is 0 Å². The summed E-state index contributed by atoms with van der Waals surface area (Å²) < 4.78 is 34.7. The van der Waals surface area contributed by atoms with Crippen molar-refractivity contribution in [3.8, 4) is 23.0 Å². The van der Waals surface area contributed by atoms with E-state index >= 15 is 0 Å². The van der Waals surface area contributed by atoms with Crippen LogP contribution in [0.15, 0.2) is 42.5 Å². The quantitative estimate of drug-likeness (QED) is 0.0761. The molecule has 0 fully saturated rings. The first-order valence-electron chi connectivity index (χ1n) is 15.3. The van der Waals surface area contributed by atoms with Gasteiger partial charge in [-0.3, -0.25) is 9.69 Å². The van der Waals surface area contributed by atoms with E-state index < -0.39 is 25.8 Å². The Hall–Kier alpha value is -2.39. The summed E-state index contributed by atoms with van der Waals surface area (Å²) in [6.07, 6.45) is 17.1. The lowest BCUT2D eigenvalue weighted by Crippen LogP contribution is -2.37. The predicted octanol–water partition coefficient (Wildman–Crippen LogP) is 8.19. The van der Waals surface area contributed by atoms with Crippen LogP contribution >= 0.6 is 19.6 Å². The number of ether oxygens (including phenoxy) is 2. The van der Waals surface area contributed by atoms with Crippen molar-refractivity contribution >= 4 is 25.6 Å². The largest absolute Gasteiger partial charge is 0.585 e. The predicted molar refractivity (Wildman–Crippen MR) is 174 cm³/mol. The van der Waals surface area contributed by atoms with E-state index in [1.165, 1.54) is 101 Å². The molecule has 0 saturated heterocycles. The van der Waals surface area contributed by atoms with Crippen LogP contribution in [0.25, 0.3) is 0 Å². The molecule has 0 saturated carbocycles. The van der Waals surface area contributed by atoms with Crippen molar-refractivity contribution in [1.82, 2.24) is 0 Å². The Morgan fingerprint density at radius 1 is 0.884 bits per heavy atom. The Bertz CT molecular complexity index is 1130. The third kappa shape index (κ3) is 14.3. The van der Waals surface area contributed by atoms with Gasteiger partial charge in [-0.05, 0) is 42.5 Å². The molecule has 0 radical (unpaired) electrons. The van der Waals surface area contributed by atoms with E-state index in [1.807, 2.05) is 6.26 Å². The molecule has 0 aliphatic heterocycles. The molecule has 0 aliphatic rings. The second-order valence-electron chi connectivity index (χ2n) is 10.7. The fraction of sp³-hybridized carbons (Fsp3) is 0.594. The smallest absolute Gasteiger partial charge is 0.493 e. The molecule has 0 aliphatic carbocycles. The second-order valence-corrected chi connectivity index (χ2v) is 12.9. The van der Waals surface area contributed by atoms with Crippen LogP contribution in [0.5, 0.6) is 23.0 Å². The van der Waals surface area contributed by atoms with Crippen LogP contribution in [0.1, 0.15) is 95.5 Å². The molecule has 4 N–H and O–H groups in total. The fourth-order valence-corrected chi connectivity index (χ4v) is 6.36. The van der Waals surface area contributed by atoms with Crippen molar-refractivity contribution in [2.75, 3.05) is 25.7 Å². The van der Waals surface area contributed by atoms with Crippen LogP contribution in [-0.2, 0) is 9.36 Å². The lowest BCUT2D eigenvalue weighted by Gasteiger charge is -2.21. The number of benzene rings is 2. The van der Waals surface area contributed by atoms with Crippen LogP contribution in [0.4, 0.5) is 0 Å². The molecule has 2 rings (SSSR count). The zero-order valence-corrected chi connectivity index (χ0v) is 27.6. The fourth-order valence-electron chi connectivity index (χ4n) is 4.78. The highest BCUT2D eigenvalue weighted by Crippen LogP contribution is 2.48. The number of rotatable bonds is 24. The number of aliphatic carboxylic acids is 1. The van der Waals surface area contributed by atoms with Crippen molar-refractivity contribution < 1.29 is 37.9 Å². The Morgan fingerprint density at radius 3 is 2.09 bits per heavy atom. The molecular formula is C32H50NO8PS. The van der Waals surface area contributed by atoms with Crippen molar-refractivity contribution in [2.24, 2.45) is 5.73 Å². The highest BCUT2D eigenvalue weighted by Gasteiger charge is 2.29. The first-order valence-corrected chi connectivity index (χ1v) is 18.2. The minimum Gasteiger partial charge on any atom is -0.493 e. The summed E-state index contributed by atoms with van der Waals surface area (Å²) in [5, 5.41) is 9.38. The molecule has 0 heterocycles. The Labute approximate surface area is 261 Å². The highest BCUT2D eigenvalue weighted by atomic mass is 32.2. The molecule has 11 heteroatoms. The summed E-state index contributed by atoms with van der Waals surface area (Å²) in [6, 6.07) is 9.93. The van der Waals surface area contributed by atoms with Crippen LogP contribution in [0.3, 0.4) is 0 Å². The first kappa shape index (κ1) is 36.8. The van der Waals surface area contributed by atoms with Gasteiger partial charge in [0, 0.05) is 17.7 Å². The normalized spacial score (nSPS) is 14.0. The molecule has 2 aromatic rings. The lowest BCUT2D eigenvalue weighted by atomic mass is 9.93. The standard InChI is InChI=1S/C32H50NO8PS/c1-4-5-6-7-8-9-10-11-12-13-14-15-21-39-26-19-20-29(30(23-26)38-2)41-42(36,37)40-27-18-16-17-25(22-27)28(24-43-3)31(33)32(34)35/h16-20,22-23,28,31H,4-15,21,24,33H2,1-3H3,(H,34,35)(H,36,37). The highest BCUT2D eigenvalue weighted by molar-refractivity contribution is 7.98. The first-order chi connectivity index (χ1) is 20.7. The van der Waals surface area contributed by atoms with E-state index in [0.29, 0.717) is 23.7 Å². The van der Waals surface area contributed by atoms with Crippen molar-refractivity contribution in [3.63, 3.8) is 0 Å². The number of carboxylic acids is 1. The maximum absolute atomic E-state index is 12.9. The SMILES string of the molecule is CCCCCCCCCCCCCCOc1ccc(OP(=O)(O)Oc2cccc(C(CSC)C(N)C(=O)O)c2)c(OC)c1. The van der Waals surface area contributed by atoms with Gasteiger partial charge >= 0.3 is 13.8 Å². The maximum Gasteiger partial charge on any atom is 0.585 e. The van der Waals surface area contributed by atoms with Crippen LogP contribution in [-0.4, -0.2) is 47.7 Å². The van der Waals surface area contributed by atoms with Crippen molar-refractivity contribution in [3.05, 3.63) is 48.0 Å². The number of nitrogens with two attached hydrogens (primary N) is 1. The molecule has 242 valence electrons. The minimum absolute atomic E-state index is 0.0235. The number of carbonyl (C=O) groups is 1. The zero-order chi connectivity index (χ0) is 31.5. The van der Waals surface area contributed by atoms with Gasteiger partial charge in [0.05, 0.1) is 13.7 Å². The summed E-state index contributed by atoms with van der Waals surface area (Å²) in [4.78, 5) is 21.9. The van der Waals surface area contributed by atoms with Crippen LogP contribution < -0.4 is 24.3 Å². The van der Waals surface area contributed by atoms with Gasteiger partial charge in [0.1, 0.15) is 17.5 Å². The van der Waals surface area contributed by atoms with Crippen LogP contribution in [0.2, 0.25) is 0 Å². The molecular weight excluding hydrogens is 589 g/mol. The van der Waals surface area contributed by atoms with Gasteiger partial charge in [-0.25, -0.2) is 4.57 Å². The van der Waals surface area contributed by atoms with E-state index in [1.54, 1.807) is 24.3 Å². The summed E-state index contributed by atoms with van der Waals surface area (Å²) in [7, 11) is -3.19. The molecule has 3 atom stereocenters. The molecule has 0 amide bonds. The number of hydrogen-bond acceptors (Lipinski definition) is 8. The summed E-state index contributed by atoms with van der Waals surface area (Å²) in [5.74, 6) is -0.319. The molecule has 3 unspecified atom stereocenters. The molecule has 43 heavy (non-hydrogen) atoms. The second kappa shape index (κ2) is 20.5. The van der Waals surface area contributed by atoms with Gasteiger partial charge in [0.15, 0.2) is 11.5 Å². The summed E-state index contributed by atoms with van der Waals surface area (Å²) >= 11 is 1.45. The van der Waals surface area contributed by atoms with Gasteiger partial charge in [0.25, 0.3) is 0 Å². The minimum atomic E-state index is -4.62. The maximum atomic E-state index is 12.9. The van der Waals surface area contributed by atoms with E-state index in [4.69, 9.17) is 24.3 Å². The molecule has 0 bridgehead atoms. The van der Waals surface area contributed by atoms with Gasteiger partial charge < -0.3 is 29.4 Å². The number of phosphoric ester groups is 1. The number of phosphoric acid groups is 1. The third-order valence-electron chi connectivity index (χ3n) is 7.19. The summed E-state index contributed by atoms with van der Waals surface area (Å²) in [5.41, 5.74) is 6.46. The average molecular weight is 640 g/mol. The summed E-state index contributed by atoms with van der Waals surface area (Å²) in [6.45, 7) is 2.82. The van der Waals surface area contributed by atoms with E-state index in [2.05, 4.69) is 6.92 Å². The van der Waals surface area contributed by atoms with E-state index in [-0.39, 0.29) is 17.2 Å². The van der Waals surface area contributed by atoms with E-state index in [9.17, 15) is 19.4 Å². The number of unbranched alkanes of at least 4 members (excludes halogenated alkanes) is 11. The van der Waals surface area contributed by atoms with Gasteiger partial charge in [-0.1, -0.05) is 89.7 Å². The Balaban J connectivity index is 1.82. The van der Waals surface area contributed by atoms with Gasteiger partial charge in [-0.2, -0.15) is 11.8 Å². The number of thioether (sulfide) groups is 1. The monoisotopic (exact) mass is 639 g/mol. The van der Waals surface area contributed by atoms with Crippen LogP contribution in [0, 0.1) is 0 Å². The van der Waals surface area contributed by atoms with Crippen molar-refractivity contribution in [1.29, 1.82) is 0 Å². The molecule has 9 nitrogen and oxygen atoms in total. The van der Waals surface area contributed by atoms with Gasteiger partial charge in [-0.15, -0.1) is 0 Å². The Morgan fingerprint density at radius 2 is 1.51 bits per heavy atom. The Kier molecular flexibility index (Phi) is 17.6. The zero-order valence-electron chi connectivity index (χ0n) is 25.9. The molecule has 0 spiro atoms. The van der Waals surface area contributed by atoms with E-state index in [0.717, 1.165) is 12.8 Å². The number of hydrogen-bond donors (Lipinski definition) is 3. The topological polar surface area (TPSA) is 138 Å². The number of carboxylic acid groups (broad SMARTS) is 1. The third-order valence-corrected chi connectivity index (χ3v) is 8.75. The lowest BCUT2D eigenvalue weighted by molar-refractivity contribution is -0.138. The average Bonchev–Trinajstić information content (AvgIpc) is 2.98.